The van der Waals surface area contributed by atoms with Crippen molar-refractivity contribution in [3.05, 3.63) is 0 Å². The van der Waals surface area contributed by atoms with Crippen LogP contribution in [0.4, 0.5) is 0 Å². The van der Waals surface area contributed by atoms with E-state index < -0.39 is 5.72 Å². The summed E-state index contributed by atoms with van der Waals surface area (Å²) in [4.78, 5) is 11.7. The number of rotatable bonds is 4. The lowest BCUT2D eigenvalue weighted by Gasteiger charge is -2.32. The summed E-state index contributed by atoms with van der Waals surface area (Å²) in [5.74, 6) is 0.697. The third kappa shape index (κ3) is 1.98. The summed E-state index contributed by atoms with van der Waals surface area (Å²) < 4.78 is 5.79. The smallest absolute Gasteiger partial charge is 0.246 e. The fourth-order valence-electron chi connectivity index (χ4n) is 1.76. The van der Waals surface area contributed by atoms with E-state index in [9.17, 15) is 4.79 Å². The van der Waals surface area contributed by atoms with Crippen LogP contribution in [0.15, 0.2) is 5.10 Å². The van der Waals surface area contributed by atoms with Gasteiger partial charge in [-0.2, -0.15) is 5.01 Å². The van der Waals surface area contributed by atoms with Crippen LogP contribution in [0.5, 0.6) is 0 Å². The maximum atomic E-state index is 11.7. The van der Waals surface area contributed by atoms with Gasteiger partial charge in [0.05, 0.1) is 0 Å². The van der Waals surface area contributed by atoms with Crippen molar-refractivity contribution in [2.24, 2.45) is 5.10 Å². The van der Waals surface area contributed by atoms with Crippen LogP contribution in [0.1, 0.15) is 53.4 Å². The molecule has 0 spiro atoms. The first kappa shape index (κ1) is 12.0. The van der Waals surface area contributed by atoms with Crippen molar-refractivity contribution in [3.63, 3.8) is 0 Å². The van der Waals surface area contributed by atoms with Crippen LogP contribution in [0.25, 0.3) is 0 Å². The van der Waals surface area contributed by atoms with Crippen molar-refractivity contribution in [2.45, 2.75) is 59.1 Å². The SMILES string of the molecule is CCC(=O)N1N=C(CC)OC1(CC)CC. The molecule has 4 nitrogen and oxygen atoms in total. The molecule has 1 aliphatic rings. The largest absolute Gasteiger partial charge is 0.451 e. The first-order valence-electron chi connectivity index (χ1n) is 5.73. The Morgan fingerprint density at radius 2 is 1.93 bits per heavy atom. The van der Waals surface area contributed by atoms with Gasteiger partial charge in [0, 0.05) is 25.7 Å². The lowest BCUT2D eigenvalue weighted by Crippen LogP contribution is -2.46. The molecular weight excluding hydrogens is 192 g/mol. The van der Waals surface area contributed by atoms with Gasteiger partial charge in [-0.25, -0.2) is 0 Å². The van der Waals surface area contributed by atoms with Gasteiger partial charge in [0.25, 0.3) is 0 Å². The monoisotopic (exact) mass is 212 g/mol. The predicted octanol–water partition coefficient (Wildman–Crippen LogP) is 2.50. The van der Waals surface area contributed by atoms with Crippen molar-refractivity contribution < 1.29 is 9.53 Å². The molecule has 0 N–H and O–H groups in total. The number of nitrogens with zero attached hydrogens (tertiary/aromatic N) is 2. The number of carbonyl (C=O) groups excluding carboxylic acids is 1. The molecule has 0 saturated carbocycles. The Morgan fingerprint density at radius 1 is 1.33 bits per heavy atom. The lowest BCUT2D eigenvalue weighted by molar-refractivity contribution is -0.150. The highest BCUT2D eigenvalue weighted by Crippen LogP contribution is 2.32. The molecule has 0 bridgehead atoms. The highest BCUT2D eigenvalue weighted by Gasteiger charge is 2.44. The Kier molecular flexibility index (Phi) is 3.72. The van der Waals surface area contributed by atoms with Crippen molar-refractivity contribution in [1.82, 2.24) is 5.01 Å². The molecule has 86 valence electrons. The second kappa shape index (κ2) is 4.64. The number of amides is 1. The average Bonchev–Trinajstić information content (AvgIpc) is 2.67. The summed E-state index contributed by atoms with van der Waals surface area (Å²) in [5.41, 5.74) is -0.529. The highest BCUT2D eigenvalue weighted by atomic mass is 16.6. The molecule has 15 heavy (non-hydrogen) atoms. The lowest BCUT2D eigenvalue weighted by atomic mass is 10.1. The molecule has 0 saturated heterocycles. The Balaban J connectivity index is 2.95. The first-order chi connectivity index (χ1) is 7.13. The summed E-state index contributed by atoms with van der Waals surface area (Å²) in [6.07, 6.45) is 2.73. The second-order valence-corrected chi connectivity index (χ2v) is 3.66. The topological polar surface area (TPSA) is 41.9 Å². The Hall–Kier alpha value is -1.06. The summed E-state index contributed by atoms with van der Waals surface area (Å²) in [6.45, 7) is 7.87. The molecule has 0 fully saturated rings. The molecule has 1 amide bonds. The Labute approximate surface area is 91.3 Å². The van der Waals surface area contributed by atoms with E-state index >= 15 is 0 Å². The third-order valence-corrected chi connectivity index (χ3v) is 2.85. The predicted molar refractivity (Wildman–Crippen MR) is 59.3 cm³/mol. The van der Waals surface area contributed by atoms with Crippen molar-refractivity contribution >= 4 is 11.8 Å². The third-order valence-electron chi connectivity index (χ3n) is 2.85. The van der Waals surface area contributed by atoms with Crippen LogP contribution in [-0.4, -0.2) is 22.5 Å². The summed E-state index contributed by atoms with van der Waals surface area (Å²) in [6, 6.07) is 0. The number of carbonyl (C=O) groups is 1. The van der Waals surface area contributed by atoms with Gasteiger partial charge in [0.1, 0.15) is 0 Å². The van der Waals surface area contributed by atoms with Gasteiger partial charge in [-0.1, -0.05) is 27.7 Å². The van der Waals surface area contributed by atoms with Gasteiger partial charge < -0.3 is 4.74 Å². The van der Waals surface area contributed by atoms with Crippen LogP contribution in [0.3, 0.4) is 0 Å². The fraction of sp³-hybridized carbons (Fsp3) is 0.818. The van der Waals surface area contributed by atoms with Gasteiger partial charge in [-0.05, 0) is 0 Å². The zero-order valence-corrected chi connectivity index (χ0v) is 10.0. The molecule has 0 aromatic heterocycles. The van der Waals surface area contributed by atoms with Crippen LogP contribution in [0.2, 0.25) is 0 Å². The van der Waals surface area contributed by atoms with E-state index in [0.29, 0.717) is 12.3 Å². The van der Waals surface area contributed by atoms with Gasteiger partial charge in [-0.3, -0.25) is 4.79 Å². The van der Waals surface area contributed by atoms with E-state index in [2.05, 4.69) is 5.10 Å². The quantitative estimate of drug-likeness (QED) is 0.718. The molecule has 1 aliphatic heterocycles. The molecule has 4 heteroatoms. The maximum Gasteiger partial charge on any atom is 0.246 e. The maximum absolute atomic E-state index is 11.7. The number of hydrogen-bond donors (Lipinski definition) is 0. The van der Waals surface area contributed by atoms with E-state index in [4.69, 9.17) is 4.74 Å². The Morgan fingerprint density at radius 3 is 2.33 bits per heavy atom. The van der Waals surface area contributed by atoms with Crippen molar-refractivity contribution in [3.8, 4) is 0 Å². The van der Waals surface area contributed by atoms with Crippen LogP contribution in [-0.2, 0) is 9.53 Å². The second-order valence-electron chi connectivity index (χ2n) is 3.66. The van der Waals surface area contributed by atoms with Gasteiger partial charge >= 0.3 is 0 Å². The van der Waals surface area contributed by atoms with Gasteiger partial charge in [0.2, 0.25) is 17.5 Å². The van der Waals surface area contributed by atoms with E-state index in [-0.39, 0.29) is 5.91 Å². The van der Waals surface area contributed by atoms with E-state index in [1.807, 2.05) is 27.7 Å². The molecule has 0 radical (unpaired) electrons. The van der Waals surface area contributed by atoms with E-state index in [0.717, 1.165) is 19.3 Å². The van der Waals surface area contributed by atoms with Crippen molar-refractivity contribution in [1.29, 1.82) is 0 Å². The summed E-state index contributed by atoms with van der Waals surface area (Å²) in [5, 5.41) is 5.78. The standard InChI is InChI=1S/C11H20N2O2/c1-5-9-12-13(10(14)6-2)11(7-3,8-4)15-9/h5-8H2,1-4H3. The molecule has 1 heterocycles. The number of ether oxygens (including phenoxy) is 1. The van der Waals surface area contributed by atoms with Crippen LogP contribution in [0, 0.1) is 0 Å². The molecule has 1 rings (SSSR count). The molecule has 0 aromatic rings. The average molecular weight is 212 g/mol. The molecular formula is C11H20N2O2. The normalized spacial score (nSPS) is 18.7. The van der Waals surface area contributed by atoms with E-state index in [1.54, 1.807) is 0 Å². The van der Waals surface area contributed by atoms with Crippen LogP contribution >= 0.6 is 0 Å². The Bertz CT molecular complexity index is 270. The number of hydrogen-bond acceptors (Lipinski definition) is 3. The minimum atomic E-state index is -0.529. The summed E-state index contributed by atoms with van der Waals surface area (Å²) in [7, 11) is 0. The fourth-order valence-corrected chi connectivity index (χ4v) is 1.76. The zero-order chi connectivity index (χ0) is 11.5. The van der Waals surface area contributed by atoms with Crippen molar-refractivity contribution in [2.75, 3.05) is 0 Å². The zero-order valence-electron chi connectivity index (χ0n) is 10.0. The molecule has 0 aliphatic carbocycles. The first-order valence-corrected chi connectivity index (χ1v) is 5.73. The van der Waals surface area contributed by atoms with Gasteiger partial charge in [-0.15, -0.1) is 5.10 Å². The number of hydrazone groups is 1. The highest BCUT2D eigenvalue weighted by molar-refractivity contribution is 5.84. The summed E-state index contributed by atoms with van der Waals surface area (Å²) >= 11 is 0. The molecule has 0 aromatic carbocycles. The minimum absolute atomic E-state index is 0.0298. The van der Waals surface area contributed by atoms with Gasteiger partial charge in [0.15, 0.2) is 0 Å². The van der Waals surface area contributed by atoms with Crippen LogP contribution < -0.4 is 0 Å². The minimum Gasteiger partial charge on any atom is -0.451 e. The van der Waals surface area contributed by atoms with E-state index in [1.165, 1.54) is 5.01 Å². The molecule has 0 unspecified atom stereocenters. The molecule has 0 atom stereocenters.